The number of aromatic amines is 1. The second-order valence-corrected chi connectivity index (χ2v) is 6.23. The molecule has 2 heterocycles. The molecule has 0 aliphatic carbocycles. The van der Waals surface area contributed by atoms with Crippen molar-refractivity contribution in [3.8, 4) is 11.1 Å². The van der Waals surface area contributed by atoms with Crippen molar-refractivity contribution in [2.45, 2.75) is 29.3 Å². The van der Waals surface area contributed by atoms with Gasteiger partial charge in [-0.25, -0.2) is 0 Å². The zero-order valence-electron chi connectivity index (χ0n) is 11.7. The SMILES string of the molecule is O=c1[nH]c(=O)n([C@H]2C[C@H](O)[C@@H](C[TeH])O2)cc1-c1ccccc1. The third-order valence-corrected chi connectivity index (χ3v) is 4.77. The first-order valence-electron chi connectivity index (χ1n) is 6.95. The summed E-state index contributed by atoms with van der Waals surface area (Å²) in [5.74, 6) is 0. The van der Waals surface area contributed by atoms with Gasteiger partial charge in [0.15, 0.2) is 0 Å². The minimum absolute atomic E-state index is 0.266. The fourth-order valence-corrected chi connectivity index (χ4v) is 3.51. The van der Waals surface area contributed by atoms with Crippen LogP contribution in [0.2, 0.25) is 4.47 Å². The number of hydrogen-bond acceptors (Lipinski definition) is 4. The van der Waals surface area contributed by atoms with Gasteiger partial charge in [0.25, 0.3) is 0 Å². The van der Waals surface area contributed by atoms with Gasteiger partial charge < -0.3 is 0 Å². The molecule has 2 N–H and O–H groups in total. The van der Waals surface area contributed by atoms with E-state index in [0.29, 0.717) is 12.0 Å². The summed E-state index contributed by atoms with van der Waals surface area (Å²) in [6.45, 7) is 0. The van der Waals surface area contributed by atoms with Crippen molar-refractivity contribution in [3.05, 3.63) is 57.4 Å². The summed E-state index contributed by atoms with van der Waals surface area (Å²) in [6.07, 6.45) is 0.439. The van der Waals surface area contributed by atoms with E-state index in [1.807, 2.05) is 18.2 Å². The zero-order valence-corrected chi connectivity index (χ0v) is 14.2. The summed E-state index contributed by atoms with van der Waals surface area (Å²) in [5.41, 5.74) is 0.177. The first-order chi connectivity index (χ1) is 10.6. The predicted octanol–water partition coefficient (Wildman–Crippen LogP) is 0.171. The fourth-order valence-electron chi connectivity index (χ4n) is 2.57. The van der Waals surface area contributed by atoms with E-state index >= 15 is 0 Å². The Kier molecular flexibility index (Phi) is 4.50. The molecule has 1 aliphatic rings. The Morgan fingerprint density at radius 3 is 2.68 bits per heavy atom. The van der Waals surface area contributed by atoms with E-state index in [9.17, 15) is 14.7 Å². The molecule has 3 rings (SSSR count). The number of aliphatic hydroxyl groups is 1. The van der Waals surface area contributed by atoms with Crippen LogP contribution in [0.15, 0.2) is 46.1 Å². The predicted molar refractivity (Wildman–Crippen MR) is 83.2 cm³/mol. The summed E-state index contributed by atoms with van der Waals surface area (Å²) >= 11 is 1.56. The number of aromatic nitrogens is 2. The Morgan fingerprint density at radius 1 is 1.32 bits per heavy atom. The van der Waals surface area contributed by atoms with Gasteiger partial charge in [0, 0.05) is 0 Å². The van der Waals surface area contributed by atoms with Crippen LogP contribution in [0.3, 0.4) is 0 Å². The van der Waals surface area contributed by atoms with Crippen molar-refractivity contribution in [1.29, 1.82) is 0 Å². The zero-order chi connectivity index (χ0) is 15.7. The summed E-state index contributed by atoms with van der Waals surface area (Å²) in [6, 6.07) is 9.13. The van der Waals surface area contributed by atoms with Gasteiger partial charge in [0.1, 0.15) is 0 Å². The normalized spacial score (nSPS) is 24.5. The molecular weight excluding hydrogens is 400 g/mol. The molecule has 0 saturated carbocycles. The standard InChI is InChI=1S/C15H16N2O4Te/c18-11-6-13(21-12(11)8-22)17-7-10(14(19)16-15(17)20)9-4-2-1-3-5-9/h1-5,7,11-13,18,22H,6,8H2,(H,16,19,20)/t11-,12+,13+/m0/s1. The third kappa shape index (κ3) is 2.90. The molecule has 7 heteroatoms. The third-order valence-electron chi connectivity index (χ3n) is 3.75. The van der Waals surface area contributed by atoms with Gasteiger partial charge in [-0.3, -0.25) is 0 Å². The van der Waals surface area contributed by atoms with Crippen LogP contribution in [-0.2, 0) is 4.74 Å². The molecule has 116 valence electrons. The van der Waals surface area contributed by atoms with Gasteiger partial charge in [0.05, 0.1) is 0 Å². The number of benzene rings is 1. The number of nitrogens with zero attached hydrogens (tertiary/aromatic N) is 1. The molecule has 0 bridgehead atoms. The number of hydrogen-bond donors (Lipinski definition) is 2. The van der Waals surface area contributed by atoms with Crippen LogP contribution in [0, 0.1) is 0 Å². The summed E-state index contributed by atoms with van der Waals surface area (Å²) in [5, 5.41) is 9.95. The molecule has 2 aromatic rings. The molecule has 1 aliphatic heterocycles. The van der Waals surface area contributed by atoms with Crippen LogP contribution in [0.5, 0.6) is 0 Å². The molecule has 3 atom stereocenters. The Balaban J connectivity index is 2.03. The second-order valence-electron chi connectivity index (χ2n) is 5.19. The van der Waals surface area contributed by atoms with Crippen LogP contribution in [0.1, 0.15) is 12.6 Å². The van der Waals surface area contributed by atoms with Crippen molar-refractivity contribution >= 4 is 22.3 Å². The topological polar surface area (TPSA) is 84.3 Å². The molecule has 1 fully saturated rings. The molecule has 6 nitrogen and oxygen atoms in total. The van der Waals surface area contributed by atoms with E-state index in [-0.39, 0.29) is 6.10 Å². The van der Waals surface area contributed by atoms with Crippen molar-refractivity contribution < 1.29 is 9.84 Å². The molecule has 0 unspecified atom stereocenters. The van der Waals surface area contributed by atoms with Crippen molar-refractivity contribution in [2.75, 3.05) is 0 Å². The molecular formula is C15H16N2O4Te. The first-order valence-corrected chi connectivity index (χ1v) is 8.76. The van der Waals surface area contributed by atoms with Crippen LogP contribution in [0.4, 0.5) is 0 Å². The average Bonchev–Trinajstić information content (AvgIpc) is 2.89. The molecule has 0 spiro atoms. The molecule has 0 amide bonds. The first kappa shape index (κ1) is 15.5. The number of ether oxygens (including phenoxy) is 1. The van der Waals surface area contributed by atoms with Gasteiger partial charge in [-0.1, -0.05) is 0 Å². The van der Waals surface area contributed by atoms with Crippen molar-refractivity contribution in [1.82, 2.24) is 9.55 Å². The number of aliphatic hydroxyl groups excluding tert-OH is 1. The van der Waals surface area contributed by atoms with Gasteiger partial charge >= 0.3 is 140 Å². The molecule has 1 saturated heterocycles. The van der Waals surface area contributed by atoms with Gasteiger partial charge in [-0.15, -0.1) is 0 Å². The number of nitrogens with one attached hydrogen (secondary N) is 1. The Labute approximate surface area is 139 Å². The van der Waals surface area contributed by atoms with E-state index < -0.39 is 23.6 Å². The van der Waals surface area contributed by atoms with Crippen molar-refractivity contribution in [3.63, 3.8) is 0 Å². The quantitative estimate of drug-likeness (QED) is 0.700. The van der Waals surface area contributed by atoms with Crippen molar-refractivity contribution in [2.24, 2.45) is 0 Å². The van der Waals surface area contributed by atoms with E-state index in [4.69, 9.17) is 4.74 Å². The number of rotatable bonds is 3. The van der Waals surface area contributed by atoms with Gasteiger partial charge in [0.2, 0.25) is 0 Å². The van der Waals surface area contributed by atoms with Crippen LogP contribution in [0.25, 0.3) is 11.1 Å². The Bertz CT molecular complexity index is 771. The van der Waals surface area contributed by atoms with E-state index in [1.165, 1.54) is 10.8 Å². The van der Waals surface area contributed by atoms with E-state index in [2.05, 4.69) is 4.98 Å². The molecule has 0 radical (unpaired) electrons. The maximum absolute atomic E-state index is 12.1. The molecule has 1 aromatic carbocycles. The van der Waals surface area contributed by atoms with Crippen LogP contribution < -0.4 is 11.2 Å². The summed E-state index contributed by atoms with van der Waals surface area (Å²) in [7, 11) is 0. The van der Waals surface area contributed by atoms with Crippen LogP contribution in [-0.4, -0.2) is 49.2 Å². The second kappa shape index (κ2) is 6.39. The fraction of sp³-hybridized carbons (Fsp3) is 0.333. The maximum atomic E-state index is 12.1. The molecule has 1 aromatic heterocycles. The minimum atomic E-state index is -0.590. The van der Waals surface area contributed by atoms with E-state index in [0.717, 1.165) is 10.0 Å². The van der Waals surface area contributed by atoms with Gasteiger partial charge in [-0.2, -0.15) is 0 Å². The van der Waals surface area contributed by atoms with E-state index in [1.54, 1.807) is 34.4 Å². The monoisotopic (exact) mass is 418 g/mol. The van der Waals surface area contributed by atoms with Gasteiger partial charge in [-0.05, 0) is 0 Å². The van der Waals surface area contributed by atoms with Crippen LogP contribution >= 0.6 is 0 Å². The summed E-state index contributed by atoms with van der Waals surface area (Å²) in [4.78, 5) is 26.4. The molecule has 22 heavy (non-hydrogen) atoms. The Hall–Kier alpha value is -1.39. The number of H-pyrrole nitrogens is 1. The summed E-state index contributed by atoms with van der Waals surface area (Å²) < 4.78 is 7.80. The average molecular weight is 416 g/mol. The Morgan fingerprint density at radius 2 is 2.05 bits per heavy atom.